The maximum Gasteiger partial charge on any atom is 0.124 e. The Bertz CT molecular complexity index is 617. The quantitative estimate of drug-likeness (QED) is 0.863. The van der Waals surface area contributed by atoms with E-state index in [2.05, 4.69) is 26.2 Å². The Morgan fingerprint density at radius 1 is 1.35 bits per heavy atom. The molecule has 0 radical (unpaired) electrons. The van der Waals surface area contributed by atoms with Crippen LogP contribution in [-0.2, 0) is 6.54 Å². The summed E-state index contributed by atoms with van der Waals surface area (Å²) in [5.41, 5.74) is 0.978. The average Bonchev–Trinajstić information content (AvgIpc) is 3.23. The van der Waals surface area contributed by atoms with E-state index in [4.69, 9.17) is 0 Å². The molecule has 0 atom stereocenters. The molecule has 1 saturated carbocycles. The first-order chi connectivity index (χ1) is 9.70. The average molecular weight is 353 g/mol. The fourth-order valence-electron chi connectivity index (χ4n) is 1.89. The fourth-order valence-corrected chi connectivity index (χ4v) is 3.27. The smallest absolute Gasteiger partial charge is 0.124 e. The summed E-state index contributed by atoms with van der Waals surface area (Å²) in [5.74, 6) is -0.199. The Kier molecular flexibility index (Phi) is 4.38. The van der Waals surface area contributed by atoms with Crippen molar-refractivity contribution in [2.75, 3.05) is 0 Å². The van der Waals surface area contributed by atoms with Crippen molar-refractivity contribution in [3.8, 4) is 0 Å². The maximum atomic E-state index is 13.7. The summed E-state index contributed by atoms with van der Waals surface area (Å²) in [6, 6.07) is 9.58. The lowest BCUT2D eigenvalue weighted by Gasteiger charge is -2.07. The molecule has 0 unspecified atom stereocenters. The summed E-state index contributed by atoms with van der Waals surface area (Å²) in [6.07, 6.45) is 4.21. The van der Waals surface area contributed by atoms with Gasteiger partial charge in [0.2, 0.25) is 0 Å². The molecule has 1 N–H and O–H groups in total. The lowest BCUT2D eigenvalue weighted by atomic mass is 10.2. The second kappa shape index (κ2) is 6.24. The Morgan fingerprint density at radius 2 is 2.20 bits per heavy atom. The standard InChI is InChI=1S/C15H14BrFN2S/c16-14-2-1-5-18-15(14)20-13-7-10(6-11(17)8-13)9-19-12-3-4-12/h1-2,5-8,12,19H,3-4,9H2. The van der Waals surface area contributed by atoms with Gasteiger partial charge in [-0.25, -0.2) is 9.37 Å². The molecule has 1 aliphatic carbocycles. The monoisotopic (exact) mass is 352 g/mol. The van der Waals surface area contributed by atoms with Crippen LogP contribution in [0.15, 0.2) is 50.9 Å². The van der Waals surface area contributed by atoms with Crippen molar-refractivity contribution in [3.05, 3.63) is 52.4 Å². The van der Waals surface area contributed by atoms with E-state index in [1.165, 1.54) is 24.6 Å². The molecular formula is C15H14BrFN2S. The number of hydrogen-bond donors (Lipinski definition) is 1. The highest BCUT2D eigenvalue weighted by molar-refractivity contribution is 9.10. The first-order valence-electron chi connectivity index (χ1n) is 6.52. The van der Waals surface area contributed by atoms with Crippen LogP contribution in [0.2, 0.25) is 0 Å². The van der Waals surface area contributed by atoms with E-state index in [9.17, 15) is 4.39 Å². The summed E-state index contributed by atoms with van der Waals surface area (Å²) in [4.78, 5) is 5.17. The van der Waals surface area contributed by atoms with Crippen molar-refractivity contribution in [2.24, 2.45) is 0 Å². The van der Waals surface area contributed by atoms with E-state index in [0.29, 0.717) is 6.04 Å². The van der Waals surface area contributed by atoms with Gasteiger partial charge in [0.15, 0.2) is 0 Å². The molecule has 0 spiro atoms. The molecule has 20 heavy (non-hydrogen) atoms. The first kappa shape index (κ1) is 14.0. The highest BCUT2D eigenvalue weighted by Crippen LogP contribution is 2.32. The minimum absolute atomic E-state index is 0.199. The number of halogens is 2. The van der Waals surface area contributed by atoms with Gasteiger partial charge in [0, 0.05) is 23.7 Å². The van der Waals surface area contributed by atoms with Gasteiger partial charge in [-0.05, 0) is 64.7 Å². The van der Waals surface area contributed by atoms with E-state index < -0.39 is 0 Å². The largest absolute Gasteiger partial charge is 0.310 e. The number of benzene rings is 1. The molecule has 3 rings (SSSR count). The molecule has 1 aromatic carbocycles. The fraction of sp³-hybridized carbons (Fsp3) is 0.267. The van der Waals surface area contributed by atoms with Crippen LogP contribution >= 0.6 is 27.7 Å². The topological polar surface area (TPSA) is 24.9 Å². The van der Waals surface area contributed by atoms with Crippen LogP contribution in [0.4, 0.5) is 4.39 Å². The van der Waals surface area contributed by atoms with Crippen molar-refractivity contribution in [1.82, 2.24) is 10.3 Å². The maximum absolute atomic E-state index is 13.7. The van der Waals surface area contributed by atoms with Crippen molar-refractivity contribution in [2.45, 2.75) is 35.3 Å². The third-order valence-corrected chi connectivity index (χ3v) is 4.93. The van der Waals surface area contributed by atoms with Crippen molar-refractivity contribution in [3.63, 3.8) is 0 Å². The van der Waals surface area contributed by atoms with Gasteiger partial charge < -0.3 is 5.32 Å². The van der Waals surface area contributed by atoms with Crippen LogP contribution in [0.5, 0.6) is 0 Å². The molecular weight excluding hydrogens is 339 g/mol. The molecule has 0 saturated heterocycles. The van der Waals surface area contributed by atoms with Crippen molar-refractivity contribution in [1.29, 1.82) is 0 Å². The number of nitrogens with zero attached hydrogens (tertiary/aromatic N) is 1. The Labute approximate surface area is 130 Å². The molecule has 0 bridgehead atoms. The molecule has 2 nitrogen and oxygen atoms in total. The minimum Gasteiger partial charge on any atom is -0.310 e. The summed E-state index contributed by atoms with van der Waals surface area (Å²) in [6.45, 7) is 0.722. The van der Waals surface area contributed by atoms with Gasteiger partial charge in [-0.15, -0.1) is 0 Å². The zero-order chi connectivity index (χ0) is 13.9. The van der Waals surface area contributed by atoms with Gasteiger partial charge in [0.05, 0.1) is 4.47 Å². The number of pyridine rings is 1. The Morgan fingerprint density at radius 3 is 2.95 bits per heavy atom. The second-order valence-electron chi connectivity index (χ2n) is 4.84. The summed E-state index contributed by atoms with van der Waals surface area (Å²) >= 11 is 4.93. The zero-order valence-electron chi connectivity index (χ0n) is 10.8. The van der Waals surface area contributed by atoms with Gasteiger partial charge in [0.1, 0.15) is 10.8 Å². The third kappa shape index (κ3) is 3.81. The number of hydrogen-bond acceptors (Lipinski definition) is 3. The highest BCUT2D eigenvalue weighted by Gasteiger charge is 2.20. The normalized spacial score (nSPS) is 14.5. The van der Waals surface area contributed by atoms with E-state index >= 15 is 0 Å². The molecule has 104 valence electrons. The predicted octanol–water partition coefficient (Wildman–Crippen LogP) is 4.39. The van der Waals surface area contributed by atoms with E-state index in [-0.39, 0.29) is 5.82 Å². The van der Waals surface area contributed by atoms with Crippen LogP contribution in [0.1, 0.15) is 18.4 Å². The molecule has 2 aromatic rings. The van der Waals surface area contributed by atoms with Crippen LogP contribution in [0.3, 0.4) is 0 Å². The van der Waals surface area contributed by atoms with Crippen LogP contribution in [0, 0.1) is 5.82 Å². The molecule has 1 aliphatic rings. The summed E-state index contributed by atoms with van der Waals surface area (Å²) < 4.78 is 14.6. The van der Waals surface area contributed by atoms with Crippen molar-refractivity contribution < 1.29 is 4.39 Å². The molecule has 0 aliphatic heterocycles. The SMILES string of the molecule is Fc1cc(CNC2CC2)cc(Sc2ncccc2Br)c1. The van der Waals surface area contributed by atoms with Crippen LogP contribution < -0.4 is 5.32 Å². The van der Waals surface area contributed by atoms with Crippen LogP contribution in [-0.4, -0.2) is 11.0 Å². The molecule has 1 aromatic heterocycles. The van der Waals surface area contributed by atoms with Gasteiger partial charge in [-0.2, -0.15) is 0 Å². The number of aromatic nitrogens is 1. The van der Waals surface area contributed by atoms with Gasteiger partial charge >= 0.3 is 0 Å². The van der Waals surface area contributed by atoms with E-state index in [1.54, 1.807) is 18.3 Å². The van der Waals surface area contributed by atoms with Gasteiger partial charge in [-0.3, -0.25) is 0 Å². The van der Waals surface area contributed by atoms with Crippen molar-refractivity contribution >= 4 is 27.7 Å². The zero-order valence-corrected chi connectivity index (χ0v) is 13.2. The predicted molar refractivity (Wildman–Crippen MR) is 82.3 cm³/mol. The summed E-state index contributed by atoms with van der Waals surface area (Å²) in [7, 11) is 0. The Balaban J connectivity index is 1.76. The van der Waals surface area contributed by atoms with Crippen LogP contribution in [0.25, 0.3) is 0 Å². The molecule has 1 fully saturated rings. The van der Waals surface area contributed by atoms with E-state index in [0.717, 1.165) is 26.5 Å². The number of rotatable bonds is 5. The third-order valence-electron chi connectivity index (χ3n) is 3.04. The lowest BCUT2D eigenvalue weighted by molar-refractivity contribution is 0.615. The Hall–Kier alpha value is -0.910. The number of nitrogens with one attached hydrogen (secondary N) is 1. The highest BCUT2D eigenvalue weighted by atomic mass is 79.9. The molecule has 5 heteroatoms. The van der Waals surface area contributed by atoms with E-state index in [1.807, 2.05) is 18.2 Å². The molecule has 1 heterocycles. The van der Waals surface area contributed by atoms with Gasteiger partial charge in [-0.1, -0.05) is 11.8 Å². The second-order valence-corrected chi connectivity index (χ2v) is 6.76. The first-order valence-corrected chi connectivity index (χ1v) is 8.13. The lowest BCUT2D eigenvalue weighted by Crippen LogP contribution is -2.15. The molecule has 0 amide bonds. The summed E-state index contributed by atoms with van der Waals surface area (Å²) in [5, 5.41) is 4.25. The van der Waals surface area contributed by atoms with Gasteiger partial charge in [0.25, 0.3) is 0 Å². The minimum atomic E-state index is -0.199.